The van der Waals surface area contributed by atoms with Crippen molar-refractivity contribution < 1.29 is 17.9 Å². The van der Waals surface area contributed by atoms with Gasteiger partial charge in [-0.1, -0.05) is 41.4 Å². The Hall–Kier alpha value is -1.76. The van der Waals surface area contributed by atoms with Crippen LogP contribution in [-0.2, 0) is 21.2 Å². The lowest BCUT2D eigenvalue weighted by atomic mass is 10.1. The third-order valence-electron chi connectivity index (χ3n) is 4.76. The van der Waals surface area contributed by atoms with E-state index in [1.54, 1.807) is 29.2 Å². The van der Waals surface area contributed by atoms with Crippen molar-refractivity contribution in [1.29, 1.82) is 0 Å². The topological polar surface area (TPSA) is 63.7 Å². The maximum atomic E-state index is 12.9. The van der Waals surface area contributed by atoms with E-state index in [-0.39, 0.29) is 36.6 Å². The Morgan fingerprint density at radius 2 is 1.96 bits per heavy atom. The fraction of sp³-hybridized carbons (Fsp3) is 0.350. The van der Waals surface area contributed by atoms with Crippen LogP contribution in [0.5, 0.6) is 5.75 Å². The number of nitrogens with zero attached hydrogens (tertiary/aromatic N) is 1. The summed E-state index contributed by atoms with van der Waals surface area (Å²) in [6, 6.07) is 12.0. The van der Waals surface area contributed by atoms with Crippen LogP contribution in [0.2, 0.25) is 10.0 Å². The van der Waals surface area contributed by atoms with Gasteiger partial charge in [0, 0.05) is 22.6 Å². The molecule has 2 aromatic rings. The average molecular weight is 442 g/mol. The van der Waals surface area contributed by atoms with E-state index in [1.807, 2.05) is 25.1 Å². The highest BCUT2D eigenvalue weighted by Crippen LogP contribution is 2.25. The van der Waals surface area contributed by atoms with Gasteiger partial charge in [0.25, 0.3) is 5.91 Å². The SMILES string of the molecule is Cc1cc(Cl)ccc1OCC(=O)N(Cc1ccccc1Cl)C1CCS(=O)(=O)C1. The Kier molecular flexibility index (Phi) is 6.53. The van der Waals surface area contributed by atoms with E-state index in [9.17, 15) is 13.2 Å². The summed E-state index contributed by atoms with van der Waals surface area (Å²) in [4.78, 5) is 14.5. The third kappa shape index (κ3) is 5.19. The molecule has 0 aromatic heterocycles. The van der Waals surface area contributed by atoms with E-state index in [4.69, 9.17) is 27.9 Å². The minimum absolute atomic E-state index is 0.0385. The summed E-state index contributed by atoms with van der Waals surface area (Å²) in [5, 5.41) is 1.13. The van der Waals surface area contributed by atoms with Crippen LogP contribution in [0.1, 0.15) is 17.5 Å². The highest BCUT2D eigenvalue weighted by molar-refractivity contribution is 7.91. The summed E-state index contributed by atoms with van der Waals surface area (Å²) >= 11 is 12.2. The number of aryl methyl sites for hydroxylation is 1. The first-order valence-electron chi connectivity index (χ1n) is 8.87. The average Bonchev–Trinajstić information content (AvgIpc) is 2.99. The maximum absolute atomic E-state index is 12.9. The van der Waals surface area contributed by atoms with Gasteiger partial charge < -0.3 is 9.64 Å². The molecule has 1 amide bonds. The lowest BCUT2D eigenvalue weighted by Crippen LogP contribution is -2.43. The molecule has 8 heteroatoms. The van der Waals surface area contributed by atoms with E-state index in [0.29, 0.717) is 22.2 Å². The van der Waals surface area contributed by atoms with E-state index < -0.39 is 9.84 Å². The van der Waals surface area contributed by atoms with Crippen molar-refractivity contribution in [3.05, 3.63) is 63.6 Å². The molecule has 0 N–H and O–H groups in total. The van der Waals surface area contributed by atoms with E-state index in [0.717, 1.165) is 11.1 Å². The Labute approximate surface area is 175 Å². The van der Waals surface area contributed by atoms with Crippen molar-refractivity contribution in [1.82, 2.24) is 4.90 Å². The molecule has 5 nitrogen and oxygen atoms in total. The van der Waals surface area contributed by atoms with Gasteiger partial charge in [-0.25, -0.2) is 8.42 Å². The number of sulfone groups is 1. The van der Waals surface area contributed by atoms with Gasteiger partial charge in [0.05, 0.1) is 11.5 Å². The standard InChI is InChI=1S/C20H21Cl2NO4S/c1-14-10-16(21)6-7-19(14)27-12-20(24)23(17-8-9-28(25,26)13-17)11-15-4-2-3-5-18(15)22/h2-7,10,17H,8-9,11-13H2,1H3. The van der Waals surface area contributed by atoms with Gasteiger partial charge in [-0.2, -0.15) is 0 Å². The first kappa shape index (κ1) is 21.0. The molecule has 0 bridgehead atoms. The van der Waals surface area contributed by atoms with Gasteiger partial charge in [-0.3, -0.25) is 4.79 Å². The number of hydrogen-bond donors (Lipinski definition) is 0. The van der Waals surface area contributed by atoms with Gasteiger partial charge in [-0.15, -0.1) is 0 Å². The summed E-state index contributed by atoms with van der Waals surface area (Å²) in [5.74, 6) is 0.329. The Balaban J connectivity index is 1.77. The highest BCUT2D eigenvalue weighted by atomic mass is 35.5. The predicted molar refractivity (Wildman–Crippen MR) is 111 cm³/mol. The molecule has 2 aromatic carbocycles. The molecule has 0 spiro atoms. The molecule has 1 unspecified atom stereocenters. The second kappa shape index (κ2) is 8.72. The van der Waals surface area contributed by atoms with E-state index >= 15 is 0 Å². The van der Waals surface area contributed by atoms with Crippen LogP contribution < -0.4 is 4.74 Å². The first-order chi connectivity index (χ1) is 13.2. The Bertz CT molecular complexity index is 978. The zero-order valence-corrected chi connectivity index (χ0v) is 17.7. The number of carbonyl (C=O) groups is 1. The van der Waals surface area contributed by atoms with Crippen molar-refractivity contribution in [2.75, 3.05) is 18.1 Å². The molecule has 3 rings (SSSR count). The fourth-order valence-corrected chi connectivity index (χ4v) is 5.40. The smallest absolute Gasteiger partial charge is 0.261 e. The number of carbonyl (C=O) groups excluding carboxylic acids is 1. The molecule has 28 heavy (non-hydrogen) atoms. The molecule has 1 heterocycles. The zero-order chi connectivity index (χ0) is 20.3. The summed E-state index contributed by atoms with van der Waals surface area (Å²) in [6.45, 7) is 1.89. The van der Waals surface area contributed by atoms with Crippen LogP contribution >= 0.6 is 23.2 Å². The molecule has 1 fully saturated rings. The second-order valence-electron chi connectivity index (χ2n) is 6.87. The predicted octanol–water partition coefficient (Wildman–Crippen LogP) is 3.90. The summed E-state index contributed by atoms with van der Waals surface area (Å²) in [5.41, 5.74) is 1.59. The highest BCUT2D eigenvalue weighted by Gasteiger charge is 2.35. The minimum Gasteiger partial charge on any atom is -0.483 e. The van der Waals surface area contributed by atoms with Crippen LogP contribution in [0, 0.1) is 6.92 Å². The van der Waals surface area contributed by atoms with E-state index in [1.165, 1.54) is 0 Å². The van der Waals surface area contributed by atoms with Crippen LogP contribution in [-0.4, -0.2) is 43.4 Å². The largest absolute Gasteiger partial charge is 0.483 e. The summed E-state index contributed by atoms with van der Waals surface area (Å²) < 4.78 is 29.6. The molecule has 1 aliphatic heterocycles. The van der Waals surface area contributed by atoms with Gasteiger partial charge in [0.15, 0.2) is 16.4 Å². The Morgan fingerprint density at radius 1 is 1.21 bits per heavy atom. The normalized spacial score (nSPS) is 18.0. The number of benzene rings is 2. The van der Waals surface area contributed by atoms with Crippen molar-refractivity contribution >= 4 is 38.9 Å². The number of ether oxygens (including phenoxy) is 1. The molecule has 150 valence electrons. The van der Waals surface area contributed by atoms with Gasteiger partial charge in [0.2, 0.25) is 0 Å². The van der Waals surface area contributed by atoms with Crippen LogP contribution in [0.4, 0.5) is 0 Å². The molecule has 1 aliphatic rings. The van der Waals surface area contributed by atoms with E-state index in [2.05, 4.69) is 0 Å². The molecule has 1 saturated heterocycles. The van der Waals surface area contributed by atoms with Gasteiger partial charge in [0.1, 0.15) is 5.75 Å². The number of hydrogen-bond acceptors (Lipinski definition) is 4. The summed E-state index contributed by atoms with van der Waals surface area (Å²) in [6.07, 6.45) is 0.415. The van der Waals surface area contributed by atoms with Gasteiger partial charge in [-0.05, 0) is 48.7 Å². The van der Waals surface area contributed by atoms with Crippen molar-refractivity contribution in [2.45, 2.75) is 25.9 Å². The maximum Gasteiger partial charge on any atom is 0.261 e. The lowest BCUT2D eigenvalue weighted by molar-refractivity contribution is -0.136. The molecular weight excluding hydrogens is 421 g/mol. The number of rotatable bonds is 6. The zero-order valence-electron chi connectivity index (χ0n) is 15.4. The Morgan fingerprint density at radius 3 is 2.61 bits per heavy atom. The quantitative estimate of drug-likeness (QED) is 0.681. The lowest BCUT2D eigenvalue weighted by Gasteiger charge is -2.29. The molecular formula is C20H21Cl2NO4S. The number of halogens is 2. The first-order valence-corrected chi connectivity index (χ1v) is 11.4. The van der Waals surface area contributed by atoms with Crippen LogP contribution in [0.25, 0.3) is 0 Å². The monoisotopic (exact) mass is 441 g/mol. The van der Waals surface area contributed by atoms with Crippen molar-refractivity contribution in [2.24, 2.45) is 0 Å². The molecule has 1 atom stereocenters. The molecule has 0 aliphatic carbocycles. The third-order valence-corrected chi connectivity index (χ3v) is 7.11. The van der Waals surface area contributed by atoms with Gasteiger partial charge >= 0.3 is 0 Å². The van der Waals surface area contributed by atoms with Crippen LogP contribution in [0.3, 0.4) is 0 Å². The fourth-order valence-electron chi connectivity index (χ4n) is 3.25. The molecule has 0 radical (unpaired) electrons. The summed E-state index contributed by atoms with van der Waals surface area (Å²) in [7, 11) is -3.14. The van der Waals surface area contributed by atoms with Crippen molar-refractivity contribution in [3.63, 3.8) is 0 Å². The van der Waals surface area contributed by atoms with Crippen LogP contribution in [0.15, 0.2) is 42.5 Å². The number of amides is 1. The van der Waals surface area contributed by atoms with Crippen molar-refractivity contribution in [3.8, 4) is 5.75 Å². The second-order valence-corrected chi connectivity index (χ2v) is 9.94. The molecule has 0 saturated carbocycles. The minimum atomic E-state index is -3.14.